The smallest absolute Gasteiger partial charge is 1.00 e. The van der Waals surface area contributed by atoms with Crippen LogP contribution in [-0.2, 0) is 96.6 Å². The van der Waals surface area contributed by atoms with Crippen LogP contribution in [0.5, 0.6) is 0 Å². The van der Waals surface area contributed by atoms with Crippen molar-refractivity contribution in [1.82, 2.24) is 0 Å². The molecule has 0 unspecified atom stereocenters. The van der Waals surface area contributed by atoms with E-state index in [-0.39, 0.29) is 68.9 Å². The Morgan fingerprint density at radius 2 is 0.440 bits per heavy atom. The van der Waals surface area contributed by atoms with Crippen LogP contribution in [0.2, 0.25) is 0 Å². The Hall–Kier alpha value is -5.27. The van der Waals surface area contributed by atoms with E-state index in [0.29, 0.717) is 178 Å². The molecule has 23 heteroatoms. The first-order chi connectivity index (χ1) is 48.8. The van der Waals surface area contributed by atoms with Gasteiger partial charge in [0.1, 0.15) is 11.2 Å². The third kappa shape index (κ3) is 35.3. The Labute approximate surface area is 615 Å². The first kappa shape index (κ1) is 87.1. The van der Waals surface area contributed by atoms with Crippen LogP contribution in [0.25, 0.3) is 0 Å². The van der Waals surface area contributed by atoms with Crippen molar-refractivity contribution >= 4 is 10.1 Å². The predicted molar refractivity (Wildman–Crippen MR) is 378 cm³/mol. The predicted octanol–water partition coefficient (Wildman–Crippen LogP) is 6.00. The van der Waals surface area contributed by atoms with Gasteiger partial charge in [-0.25, -0.2) is 0 Å². The van der Waals surface area contributed by atoms with Gasteiger partial charge < -0.3 is 87.8 Å². The molecule has 0 bridgehead atoms. The molecule has 21 nitrogen and oxygen atoms in total. The average Bonchev–Trinajstić information content (AvgIpc) is 0.768. The van der Waals surface area contributed by atoms with Crippen LogP contribution in [0.15, 0.2) is 211 Å². The van der Waals surface area contributed by atoms with Crippen LogP contribution in [0.4, 0.5) is 0 Å². The molecule has 0 saturated carbocycles. The van der Waals surface area contributed by atoms with Gasteiger partial charge in [-0.3, -0.25) is 4.18 Å². The molecular formula is C77H105NaO21S. The van der Waals surface area contributed by atoms with Crippen LogP contribution >= 0.6 is 0 Å². The van der Waals surface area contributed by atoms with Crippen molar-refractivity contribution in [2.45, 2.75) is 23.0 Å². The van der Waals surface area contributed by atoms with Crippen LogP contribution in [-0.4, -0.2) is 235 Å². The van der Waals surface area contributed by atoms with E-state index in [2.05, 4.69) is 72.8 Å². The zero-order valence-electron chi connectivity index (χ0n) is 59.4. The van der Waals surface area contributed by atoms with Gasteiger partial charge in [0.05, 0.1) is 216 Å². The number of hydrogen-bond donors (Lipinski definition) is 3. The van der Waals surface area contributed by atoms with E-state index in [1.807, 2.05) is 116 Å². The second kappa shape index (κ2) is 57.2. The molecule has 0 heterocycles. The molecule has 0 aliphatic heterocycles. The van der Waals surface area contributed by atoms with Crippen LogP contribution in [0.1, 0.15) is 40.4 Å². The minimum Gasteiger partial charge on any atom is -1.00 e. The molecule has 546 valence electrons. The molecule has 0 saturated heterocycles. The molecule has 0 radical (unpaired) electrons. The third-order valence-corrected chi connectivity index (χ3v) is 15.7. The Bertz CT molecular complexity index is 2890. The second-order valence-electron chi connectivity index (χ2n) is 21.5. The molecule has 7 aromatic rings. The van der Waals surface area contributed by atoms with E-state index in [4.69, 9.17) is 90.6 Å². The first-order valence-electron chi connectivity index (χ1n) is 33.7. The summed E-state index contributed by atoms with van der Waals surface area (Å²) in [6, 6.07) is 68.2. The number of ether oxygens (including phenoxy) is 15. The van der Waals surface area contributed by atoms with Gasteiger partial charge in [0.15, 0.2) is 0 Å². The molecular weight excluding hydrogens is 1320 g/mol. The molecule has 0 aromatic heterocycles. The van der Waals surface area contributed by atoms with Crippen molar-refractivity contribution in [1.29, 1.82) is 0 Å². The Morgan fingerprint density at radius 3 is 0.640 bits per heavy atom. The van der Waals surface area contributed by atoms with Crippen LogP contribution < -0.4 is 29.6 Å². The summed E-state index contributed by atoms with van der Waals surface area (Å²) >= 11 is 0. The van der Waals surface area contributed by atoms with Gasteiger partial charge in [-0.2, -0.15) is 8.42 Å². The maximum absolute atomic E-state index is 12.2. The summed E-state index contributed by atoms with van der Waals surface area (Å²) in [4.78, 5) is 0.132. The first-order valence-corrected chi connectivity index (χ1v) is 35.1. The van der Waals surface area contributed by atoms with Gasteiger partial charge in [-0.05, 0) is 52.4 Å². The van der Waals surface area contributed by atoms with Crippen molar-refractivity contribution in [3.05, 3.63) is 245 Å². The van der Waals surface area contributed by atoms with E-state index in [0.717, 1.165) is 38.9 Å². The number of benzene rings is 7. The largest absolute Gasteiger partial charge is 1.00 e. The van der Waals surface area contributed by atoms with Gasteiger partial charge >= 0.3 is 29.6 Å². The molecule has 0 aliphatic rings. The van der Waals surface area contributed by atoms with E-state index in [9.17, 15) is 8.42 Å². The summed E-state index contributed by atoms with van der Waals surface area (Å²) in [5.41, 5.74) is 5.80. The van der Waals surface area contributed by atoms with Gasteiger partial charge in [0.25, 0.3) is 10.1 Å². The molecule has 0 aliphatic carbocycles. The molecule has 0 spiro atoms. The van der Waals surface area contributed by atoms with Crippen LogP contribution in [0.3, 0.4) is 0 Å². The van der Waals surface area contributed by atoms with Crippen molar-refractivity contribution in [2.75, 3.05) is 211 Å². The maximum atomic E-state index is 12.2. The van der Waals surface area contributed by atoms with Crippen molar-refractivity contribution < 1.29 is 130 Å². The quantitative estimate of drug-likeness (QED) is 0.0171. The summed E-state index contributed by atoms with van der Waals surface area (Å²) in [5.74, 6) is 0. The summed E-state index contributed by atoms with van der Waals surface area (Å²) < 4.78 is 113. The number of aryl methyl sites for hydroxylation is 1. The Morgan fingerprint density at radius 1 is 0.260 bits per heavy atom. The molecule has 7 aromatic carbocycles. The zero-order chi connectivity index (χ0) is 70.1. The maximum Gasteiger partial charge on any atom is 1.00 e. The molecule has 100 heavy (non-hydrogen) atoms. The Balaban J connectivity index is 0.000000439. The summed E-state index contributed by atoms with van der Waals surface area (Å²) in [6.07, 6.45) is 0. The minimum absolute atomic E-state index is 0. The fraction of sp³-hybridized carbons (Fsp3) is 0.455. The van der Waals surface area contributed by atoms with Gasteiger partial charge in [-0.15, -0.1) is 0 Å². The molecule has 3 N–H and O–H groups in total. The summed E-state index contributed by atoms with van der Waals surface area (Å²) in [5, 5.41) is 25.3. The fourth-order valence-electron chi connectivity index (χ4n) is 9.72. The molecule has 0 atom stereocenters. The topological polar surface area (TPSA) is 243 Å². The second-order valence-corrected chi connectivity index (χ2v) is 23.1. The van der Waals surface area contributed by atoms with Crippen molar-refractivity contribution in [2.24, 2.45) is 0 Å². The average molecular weight is 1420 g/mol. The van der Waals surface area contributed by atoms with Crippen LogP contribution in [0, 0.1) is 6.92 Å². The van der Waals surface area contributed by atoms with E-state index in [1.165, 1.54) is 12.1 Å². The molecule has 0 amide bonds. The van der Waals surface area contributed by atoms with Crippen molar-refractivity contribution in [3.8, 4) is 0 Å². The number of aliphatic hydroxyl groups is 3. The summed E-state index contributed by atoms with van der Waals surface area (Å²) in [7, 11) is -3.78. The van der Waals surface area contributed by atoms with Gasteiger partial charge in [0.2, 0.25) is 0 Å². The number of rotatable bonds is 55. The minimum atomic E-state index is -3.78. The third-order valence-electron chi connectivity index (χ3n) is 14.4. The van der Waals surface area contributed by atoms with Gasteiger partial charge in [-0.1, -0.05) is 200 Å². The van der Waals surface area contributed by atoms with E-state index < -0.39 is 21.3 Å². The number of aliphatic hydroxyl groups excluding tert-OH is 3. The summed E-state index contributed by atoms with van der Waals surface area (Å²) in [6.45, 7) is 14.2. The SMILES string of the molecule is Cc1ccc(S(=O)(=O)OCCOCCOCCOCCOC(c2ccccc2)(c2ccccc2)c2ccccc2)cc1.OCCOCCOCCOCCO.OCCOCCOCCOCCOCCOCCOCCOCCOC(c1ccccc1)(c1ccccc1)c1ccccc1.[H-].[Na+]. The van der Waals surface area contributed by atoms with E-state index in [1.54, 1.807) is 12.1 Å². The number of hydrogen-bond acceptors (Lipinski definition) is 21. The molecule has 7 rings (SSSR count). The monoisotopic (exact) mass is 1420 g/mol. The van der Waals surface area contributed by atoms with E-state index >= 15 is 0 Å². The fourth-order valence-corrected chi connectivity index (χ4v) is 10.6. The normalized spacial score (nSPS) is 11.5. The Kier molecular flexibility index (Phi) is 49.8. The standard InChI is InChI=1S/C35H48O9.C34H38O7S.C8H18O5.Na.H/c36-16-17-37-18-19-38-20-21-39-22-23-40-24-25-41-26-27-42-28-29-43-30-31-44-35(32-10-4-1-5-11-32,33-12-6-2-7-13-33)34-14-8-3-9-15-34;1-29-17-19-33(20-18-29)42(35,36)41-28-26-39-24-22-37-21-23-38-25-27-40-34(30-11-5-2-6-12-30,31-13-7-3-8-14-31)32-15-9-4-10-16-32;9-1-3-11-5-7-13-8-6-12-4-2-10;;/h1-15,36H,16-31H2;2-20H,21-28H2,1H3;9-10H,1-8H2;;/q;;;+1;-1. The zero-order valence-corrected chi connectivity index (χ0v) is 61.2. The van der Waals surface area contributed by atoms with Crippen molar-refractivity contribution in [3.63, 3.8) is 0 Å². The molecule has 0 fully saturated rings. The van der Waals surface area contributed by atoms with Gasteiger partial charge in [0, 0.05) is 0 Å².